The van der Waals surface area contributed by atoms with Gasteiger partial charge < -0.3 is 19.6 Å². The number of amides is 2. The molecule has 7 nitrogen and oxygen atoms in total. The van der Waals surface area contributed by atoms with E-state index in [4.69, 9.17) is 4.74 Å². The van der Waals surface area contributed by atoms with Crippen molar-refractivity contribution in [2.45, 2.75) is 82.0 Å². The Hall–Kier alpha value is -2.58. The van der Waals surface area contributed by atoms with Crippen LogP contribution in [-0.4, -0.2) is 74.0 Å². The average Bonchev–Trinajstić information content (AvgIpc) is 3.49. The Bertz CT molecular complexity index is 1180. The van der Waals surface area contributed by atoms with Crippen molar-refractivity contribution in [1.82, 2.24) is 9.80 Å². The highest BCUT2D eigenvalue weighted by Crippen LogP contribution is 2.69. The summed E-state index contributed by atoms with van der Waals surface area (Å²) in [6.07, 6.45) is 4.70. The van der Waals surface area contributed by atoms with Crippen LogP contribution in [-0.2, 0) is 19.1 Å². The number of carbonyl (C=O) groups is 3. The zero-order chi connectivity index (χ0) is 30.3. The van der Waals surface area contributed by atoms with Crippen molar-refractivity contribution < 1.29 is 24.2 Å². The summed E-state index contributed by atoms with van der Waals surface area (Å²) in [5.74, 6) is -2.22. The molecule has 0 aliphatic carbocycles. The van der Waals surface area contributed by atoms with Crippen LogP contribution in [0.25, 0.3) is 0 Å². The number of rotatable bonds is 11. The first-order valence-corrected chi connectivity index (χ1v) is 15.5. The van der Waals surface area contributed by atoms with E-state index in [0.717, 1.165) is 12.0 Å². The molecule has 0 radical (unpaired) electrons. The quantitative estimate of drug-likeness (QED) is 0.291. The summed E-state index contributed by atoms with van der Waals surface area (Å²) in [5, 5.41) is 10.6. The van der Waals surface area contributed by atoms with Gasteiger partial charge in [0.1, 0.15) is 12.6 Å². The summed E-state index contributed by atoms with van der Waals surface area (Å²) < 4.78 is 4.69. The standard InChI is InChI=1S/C33H46N2O5S/c1-9-16-34(32(7,8)20-31(4,5)6)29(38)27-33-21(3)18-24(41-33)25(30(39)40-17-10-2)26(33)28(37)35(27)23(19-36)22-14-12-11-13-15-22/h9-15,21,23-27,36H,1-2,16-20H2,3-8H3/t21?,23-,24-,25+,26+,27?,33?/m1/s1. The van der Waals surface area contributed by atoms with Gasteiger partial charge in [-0.3, -0.25) is 14.4 Å². The monoisotopic (exact) mass is 582 g/mol. The molecule has 0 saturated carbocycles. The zero-order valence-corrected chi connectivity index (χ0v) is 26.2. The van der Waals surface area contributed by atoms with Crippen molar-refractivity contribution in [1.29, 1.82) is 0 Å². The summed E-state index contributed by atoms with van der Waals surface area (Å²) in [7, 11) is 0. The Morgan fingerprint density at radius 1 is 1.20 bits per heavy atom. The number of carbonyl (C=O) groups excluding carboxylic acids is 3. The minimum atomic E-state index is -0.862. The number of fused-ring (bicyclic) bond motifs is 1. The summed E-state index contributed by atoms with van der Waals surface area (Å²) >= 11 is 1.61. The number of esters is 1. The average molecular weight is 583 g/mol. The van der Waals surface area contributed by atoms with Crippen molar-refractivity contribution in [3.8, 4) is 0 Å². The molecule has 224 valence electrons. The number of thioether (sulfide) groups is 1. The maximum Gasteiger partial charge on any atom is 0.311 e. The fraction of sp³-hybridized carbons (Fsp3) is 0.606. The van der Waals surface area contributed by atoms with Gasteiger partial charge in [0.15, 0.2) is 0 Å². The number of hydrogen-bond donors (Lipinski definition) is 1. The molecule has 2 amide bonds. The summed E-state index contributed by atoms with van der Waals surface area (Å²) in [4.78, 5) is 46.6. The van der Waals surface area contributed by atoms with Crippen LogP contribution in [0.1, 0.15) is 66.0 Å². The number of aliphatic hydroxyl groups excluding tert-OH is 1. The fourth-order valence-electron chi connectivity index (χ4n) is 7.92. The summed E-state index contributed by atoms with van der Waals surface area (Å²) in [5.41, 5.74) is 0.154. The van der Waals surface area contributed by atoms with E-state index >= 15 is 4.79 Å². The molecule has 1 aromatic carbocycles. The smallest absolute Gasteiger partial charge is 0.311 e. The maximum absolute atomic E-state index is 15.1. The van der Waals surface area contributed by atoms with Crippen LogP contribution in [0.2, 0.25) is 0 Å². The number of hydrogen-bond acceptors (Lipinski definition) is 6. The van der Waals surface area contributed by atoms with Crippen molar-refractivity contribution in [2.75, 3.05) is 19.8 Å². The van der Waals surface area contributed by atoms with E-state index in [1.807, 2.05) is 35.2 Å². The zero-order valence-electron chi connectivity index (χ0n) is 25.3. The van der Waals surface area contributed by atoms with E-state index in [0.29, 0.717) is 13.0 Å². The summed E-state index contributed by atoms with van der Waals surface area (Å²) in [6, 6.07) is 7.76. The highest BCUT2D eigenvalue weighted by Gasteiger charge is 2.77. The molecule has 3 aliphatic rings. The minimum Gasteiger partial charge on any atom is -0.461 e. The first kappa shape index (κ1) is 31.4. The molecular formula is C33H46N2O5S. The Balaban J connectivity index is 1.89. The molecule has 3 aliphatic heterocycles. The predicted molar refractivity (Wildman–Crippen MR) is 163 cm³/mol. The molecule has 3 unspecified atom stereocenters. The van der Waals surface area contributed by atoms with Crippen LogP contribution in [0.5, 0.6) is 0 Å². The molecule has 1 N–H and O–H groups in total. The van der Waals surface area contributed by atoms with Crippen LogP contribution in [0, 0.1) is 23.2 Å². The molecular weight excluding hydrogens is 536 g/mol. The Kier molecular flexibility index (Phi) is 8.87. The molecule has 3 fully saturated rings. The van der Waals surface area contributed by atoms with E-state index in [1.165, 1.54) is 6.08 Å². The second-order valence-corrected chi connectivity index (χ2v) is 15.2. The van der Waals surface area contributed by atoms with Gasteiger partial charge in [-0.2, -0.15) is 0 Å². The van der Waals surface area contributed by atoms with E-state index in [2.05, 4.69) is 54.7 Å². The minimum absolute atomic E-state index is 0.000259. The molecule has 2 bridgehead atoms. The number of nitrogens with zero attached hydrogens (tertiary/aromatic N) is 2. The SMILES string of the molecule is C=CCOC(=O)[C@@H]1[C@H]2C(=O)N([C@H](CO)c3ccccc3)C(C(=O)N(CC=C)C(C)(C)CC(C)(C)C)C23S[C@@H]1CC3C. The maximum atomic E-state index is 15.1. The van der Waals surface area contributed by atoms with Gasteiger partial charge in [-0.15, -0.1) is 18.3 Å². The van der Waals surface area contributed by atoms with Crippen LogP contribution in [0.3, 0.4) is 0 Å². The van der Waals surface area contributed by atoms with Crippen LogP contribution < -0.4 is 0 Å². The van der Waals surface area contributed by atoms with Crippen molar-refractivity contribution in [3.63, 3.8) is 0 Å². The van der Waals surface area contributed by atoms with Crippen LogP contribution in [0.15, 0.2) is 55.6 Å². The molecule has 8 heteroatoms. The van der Waals surface area contributed by atoms with Crippen molar-refractivity contribution >= 4 is 29.5 Å². The normalized spacial score (nSPS) is 29.7. The molecule has 7 atom stereocenters. The molecule has 1 aromatic rings. The second kappa shape index (κ2) is 11.6. The van der Waals surface area contributed by atoms with Gasteiger partial charge in [-0.05, 0) is 43.6 Å². The first-order valence-electron chi connectivity index (χ1n) is 14.6. The molecule has 3 heterocycles. The molecule has 41 heavy (non-hydrogen) atoms. The van der Waals surface area contributed by atoms with Crippen molar-refractivity contribution in [3.05, 3.63) is 61.2 Å². The van der Waals surface area contributed by atoms with Gasteiger partial charge in [0.2, 0.25) is 11.8 Å². The highest BCUT2D eigenvalue weighted by molar-refractivity contribution is 8.02. The van der Waals surface area contributed by atoms with Crippen molar-refractivity contribution in [2.24, 2.45) is 23.2 Å². The van der Waals surface area contributed by atoms with Gasteiger partial charge in [-0.25, -0.2) is 0 Å². The van der Waals surface area contributed by atoms with Gasteiger partial charge >= 0.3 is 5.97 Å². The first-order chi connectivity index (χ1) is 19.2. The lowest BCUT2D eigenvalue weighted by Crippen LogP contribution is -2.61. The van der Waals surface area contributed by atoms with E-state index < -0.39 is 40.2 Å². The number of aliphatic hydroxyl groups is 1. The number of likely N-dealkylation sites (tertiary alicyclic amines) is 1. The van der Waals surface area contributed by atoms with Gasteiger partial charge in [0.25, 0.3) is 0 Å². The van der Waals surface area contributed by atoms with Crippen LogP contribution in [0.4, 0.5) is 0 Å². The molecule has 4 rings (SSSR count). The fourth-order valence-corrected chi connectivity index (χ4v) is 10.3. The number of ether oxygens (including phenoxy) is 1. The molecule has 1 spiro atoms. The van der Waals surface area contributed by atoms with E-state index in [1.54, 1.807) is 22.7 Å². The Morgan fingerprint density at radius 3 is 2.41 bits per heavy atom. The Labute approximate surface area is 249 Å². The van der Waals surface area contributed by atoms with Gasteiger partial charge in [0.05, 0.1) is 29.2 Å². The predicted octanol–water partition coefficient (Wildman–Crippen LogP) is 5.02. The lowest BCUT2D eigenvalue weighted by Gasteiger charge is -2.47. The molecule has 3 saturated heterocycles. The van der Waals surface area contributed by atoms with Gasteiger partial charge in [0, 0.05) is 17.3 Å². The summed E-state index contributed by atoms with van der Waals surface area (Å²) in [6.45, 7) is 20.3. The van der Waals surface area contributed by atoms with Gasteiger partial charge in [-0.1, -0.05) is 76.8 Å². The second-order valence-electron chi connectivity index (χ2n) is 13.6. The Morgan fingerprint density at radius 2 is 1.85 bits per heavy atom. The van der Waals surface area contributed by atoms with E-state index in [-0.39, 0.29) is 41.6 Å². The lowest BCUT2D eigenvalue weighted by molar-refractivity contribution is -0.154. The molecule has 0 aromatic heterocycles. The third-order valence-electron chi connectivity index (χ3n) is 9.00. The third kappa shape index (κ3) is 5.38. The topological polar surface area (TPSA) is 87.1 Å². The lowest BCUT2D eigenvalue weighted by atomic mass is 9.66. The van der Waals surface area contributed by atoms with E-state index in [9.17, 15) is 14.7 Å². The van der Waals surface area contributed by atoms with Crippen LogP contribution >= 0.6 is 11.8 Å². The number of benzene rings is 1. The highest BCUT2D eigenvalue weighted by atomic mass is 32.2. The largest absolute Gasteiger partial charge is 0.461 e. The third-order valence-corrected chi connectivity index (χ3v) is 11.1.